The van der Waals surface area contributed by atoms with Crippen molar-refractivity contribution < 1.29 is 37.4 Å². The molecule has 0 spiro atoms. The fourth-order valence-electron chi connectivity index (χ4n) is 3.27. The Morgan fingerprint density at radius 2 is 1.36 bits per heavy atom. The topological polar surface area (TPSA) is 69.6 Å². The highest BCUT2D eigenvalue weighted by Crippen LogP contribution is 2.15. The number of rotatable bonds is 16. The Balaban J connectivity index is 0. The molecule has 8 heteroatoms. The first-order valence-electron chi connectivity index (χ1n) is 10.5. The summed E-state index contributed by atoms with van der Waals surface area (Å²) in [6.07, 6.45) is 5.54. The Bertz CT molecular complexity index is 360. The minimum atomic E-state index is -5.19. The molecule has 0 saturated heterocycles. The number of quaternary nitrogens is 1. The van der Waals surface area contributed by atoms with Crippen molar-refractivity contribution in [2.24, 2.45) is 0 Å². The molecule has 0 aromatic carbocycles. The molecule has 1 N–H and O–H groups in total. The van der Waals surface area contributed by atoms with E-state index in [0.717, 1.165) is 13.2 Å². The molecule has 28 heavy (non-hydrogen) atoms. The molecule has 0 bridgehead atoms. The highest BCUT2D eigenvalue weighted by Gasteiger charge is 2.28. The molecule has 0 fully saturated rings. The van der Waals surface area contributed by atoms with Crippen LogP contribution in [0, 0.1) is 0 Å². The van der Waals surface area contributed by atoms with Crippen LogP contribution in [0.25, 0.3) is 0 Å². The van der Waals surface area contributed by atoms with Gasteiger partial charge in [0, 0.05) is 0 Å². The van der Waals surface area contributed by atoms with E-state index in [1.54, 1.807) is 0 Å². The van der Waals surface area contributed by atoms with Crippen molar-refractivity contribution in [2.45, 2.75) is 78.3 Å². The second kappa shape index (κ2) is 18.2. The van der Waals surface area contributed by atoms with Crippen LogP contribution in [0.3, 0.4) is 0 Å². The number of carboxylic acids is 1. The lowest BCUT2D eigenvalue weighted by atomic mass is 10.1. The summed E-state index contributed by atoms with van der Waals surface area (Å²) >= 11 is 0. The molecule has 0 rings (SSSR count). The minimum absolute atomic E-state index is 0.138. The number of aliphatic hydroxyl groups is 1. The number of aliphatic carboxylic acids is 1. The molecule has 0 aromatic rings. The van der Waals surface area contributed by atoms with E-state index in [-0.39, 0.29) is 6.61 Å². The first-order chi connectivity index (χ1) is 13.2. The van der Waals surface area contributed by atoms with Gasteiger partial charge in [-0.2, -0.15) is 13.2 Å². The zero-order valence-corrected chi connectivity index (χ0v) is 17.9. The van der Waals surface area contributed by atoms with Gasteiger partial charge in [0.1, 0.15) is 12.5 Å². The Kier molecular flexibility index (Phi) is 19.1. The summed E-state index contributed by atoms with van der Waals surface area (Å²) in [5.74, 6) is -3.01. The predicted molar refractivity (Wildman–Crippen MR) is 103 cm³/mol. The third-order valence-corrected chi connectivity index (χ3v) is 4.56. The number of hydrogen-bond acceptors (Lipinski definition) is 4. The lowest BCUT2D eigenvalue weighted by molar-refractivity contribution is -0.928. The van der Waals surface area contributed by atoms with Crippen molar-refractivity contribution in [1.29, 1.82) is 0 Å². The Morgan fingerprint density at radius 3 is 1.79 bits per heavy atom. The maximum absolute atomic E-state index is 10.5. The lowest BCUT2D eigenvalue weighted by Gasteiger charge is -2.38. The molecule has 0 saturated carbocycles. The molecule has 5 nitrogen and oxygen atoms in total. The number of unbranched alkanes of at least 4 members (excludes halogenated alkanes) is 5. The van der Waals surface area contributed by atoms with Crippen LogP contribution in [0.15, 0.2) is 0 Å². The molecule has 0 aliphatic heterocycles. The van der Waals surface area contributed by atoms with Crippen LogP contribution >= 0.6 is 0 Å². The van der Waals surface area contributed by atoms with Crippen LogP contribution < -0.4 is 5.11 Å². The minimum Gasteiger partial charge on any atom is -0.542 e. The van der Waals surface area contributed by atoms with E-state index in [9.17, 15) is 13.2 Å². The summed E-state index contributed by atoms with van der Waals surface area (Å²) in [5.41, 5.74) is 0. The largest absolute Gasteiger partial charge is 0.542 e. The summed E-state index contributed by atoms with van der Waals surface area (Å²) in [6.45, 7) is 13.2. The molecular formula is C20H40F3NO4. The molecule has 0 heterocycles. The van der Waals surface area contributed by atoms with Crippen LogP contribution in [0.2, 0.25) is 0 Å². The van der Waals surface area contributed by atoms with Crippen molar-refractivity contribution in [2.75, 3.05) is 46.0 Å². The number of alkyl halides is 3. The molecular weight excluding hydrogens is 375 g/mol. The molecule has 0 aliphatic carbocycles. The van der Waals surface area contributed by atoms with Crippen LogP contribution in [-0.4, -0.2) is 67.7 Å². The number of hydrogen-bond donors (Lipinski definition) is 1. The highest BCUT2D eigenvalue weighted by molar-refractivity contribution is 5.70. The summed E-state index contributed by atoms with van der Waals surface area (Å²) < 4.78 is 38.3. The second-order valence-electron chi connectivity index (χ2n) is 7.13. The monoisotopic (exact) mass is 415 g/mol. The van der Waals surface area contributed by atoms with Gasteiger partial charge in [-0.15, -0.1) is 0 Å². The predicted octanol–water partition coefficient (Wildman–Crippen LogP) is 3.29. The zero-order chi connectivity index (χ0) is 21.9. The summed E-state index contributed by atoms with van der Waals surface area (Å²) in [5, 5.41) is 17.6. The van der Waals surface area contributed by atoms with Crippen LogP contribution in [-0.2, 0) is 9.53 Å². The highest BCUT2D eigenvalue weighted by atomic mass is 19.4. The molecule has 0 amide bonds. The lowest BCUT2D eigenvalue weighted by Crippen LogP contribution is -2.51. The molecule has 0 radical (unpaired) electrons. The maximum Gasteiger partial charge on any atom is 0.430 e. The molecule has 0 unspecified atom stereocenters. The van der Waals surface area contributed by atoms with Crippen molar-refractivity contribution in [3.05, 3.63) is 0 Å². The normalized spacial score (nSPS) is 11.8. The fourth-order valence-corrected chi connectivity index (χ4v) is 3.27. The van der Waals surface area contributed by atoms with Crippen molar-refractivity contribution in [1.82, 2.24) is 0 Å². The van der Waals surface area contributed by atoms with Crippen LogP contribution in [0.4, 0.5) is 13.2 Å². The SMILES string of the molecule is CCCCCCCC[N+](CCC)(CCC)CCOCCO.O=C([O-])C(F)(F)F. The van der Waals surface area contributed by atoms with E-state index in [4.69, 9.17) is 19.7 Å². The van der Waals surface area contributed by atoms with Crippen molar-refractivity contribution >= 4 is 5.97 Å². The summed E-state index contributed by atoms with van der Waals surface area (Å²) in [7, 11) is 0. The Labute approximate surface area is 168 Å². The third kappa shape index (κ3) is 17.3. The van der Waals surface area contributed by atoms with E-state index in [1.807, 2.05) is 0 Å². The maximum atomic E-state index is 10.5. The number of ether oxygens (including phenoxy) is 1. The number of aliphatic hydroxyl groups excluding tert-OH is 1. The van der Waals surface area contributed by atoms with Gasteiger partial charge in [-0.3, -0.25) is 0 Å². The van der Waals surface area contributed by atoms with E-state index in [1.165, 1.54) is 75.5 Å². The number of carbonyl (C=O) groups excluding carboxylic acids is 1. The number of carboxylic acid groups (broad SMARTS) is 1. The first-order valence-corrected chi connectivity index (χ1v) is 10.5. The van der Waals surface area contributed by atoms with E-state index < -0.39 is 12.1 Å². The molecule has 0 atom stereocenters. The summed E-state index contributed by atoms with van der Waals surface area (Å²) in [4.78, 5) is 8.78. The standard InChI is InChI=1S/C18H40NO2.C2HF3O2/c1-4-7-8-9-10-11-14-19(12-5-2,13-6-3)15-17-21-18-16-20;3-2(4,5)1(6)7/h20H,4-18H2,1-3H3;(H,6,7)/q+1;/p-1. The average molecular weight is 416 g/mol. The summed E-state index contributed by atoms with van der Waals surface area (Å²) in [6, 6.07) is 0. The van der Waals surface area contributed by atoms with E-state index in [0.29, 0.717) is 6.61 Å². The Morgan fingerprint density at radius 1 is 0.857 bits per heavy atom. The zero-order valence-electron chi connectivity index (χ0n) is 17.9. The van der Waals surface area contributed by atoms with Gasteiger partial charge in [0.05, 0.1) is 39.5 Å². The van der Waals surface area contributed by atoms with Gasteiger partial charge in [0.25, 0.3) is 0 Å². The van der Waals surface area contributed by atoms with Gasteiger partial charge in [0.15, 0.2) is 0 Å². The molecule has 170 valence electrons. The van der Waals surface area contributed by atoms with E-state index in [2.05, 4.69) is 20.8 Å². The first kappa shape index (κ1) is 29.3. The van der Waals surface area contributed by atoms with Crippen molar-refractivity contribution in [3.63, 3.8) is 0 Å². The number of nitrogens with zero attached hydrogens (tertiary/aromatic N) is 1. The van der Waals surface area contributed by atoms with Crippen LogP contribution in [0.5, 0.6) is 0 Å². The van der Waals surface area contributed by atoms with Gasteiger partial charge >= 0.3 is 6.18 Å². The van der Waals surface area contributed by atoms with Gasteiger partial charge < -0.3 is 24.2 Å². The number of halogens is 3. The van der Waals surface area contributed by atoms with Gasteiger partial charge in [-0.05, 0) is 25.7 Å². The average Bonchev–Trinajstić information content (AvgIpc) is 2.62. The number of carbonyl (C=O) groups is 1. The van der Waals surface area contributed by atoms with Crippen molar-refractivity contribution in [3.8, 4) is 0 Å². The van der Waals surface area contributed by atoms with E-state index >= 15 is 0 Å². The van der Waals surface area contributed by atoms with Gasteiger partial charge in [-0.1, -0.05) is 46.5 Å². The third-order valence-electron chi connectivity index (χ3n) is 4.56. The molecule has 0 aliphatic rings. The quantitative estimate of drug-likeness (QED) is 0.310. The van der Waals surface area contributed by atoms with Crippen LogP contribution in [0.1, 0.15) is 72.1 Å². The fraction of sp³-hybridized carbons (Fsp3) is 0.950. The molecule has 0 aromatic heterocycles. The second-order valence-corrected chi connectivity index (χ2v) is 7.13. The smallest absolute Gasteiger partial charge is 0.430 e. The van der Waals surface area contributed by atoms with Gasteiger partial charge in [0.2, 0.25) is 0 Å². The Hall–Kier alpha value is -0.860. The van der Waals surface area contributed by atoms with Gasteiger partial charge in [-0.25, -0.2) is 0 Å².